The Hall–Kier alpha value is -2.88. The highest BCUT2D eigenvalue weighted by Gasteiger charge is 2.24. The third-order valence-electron chi connectivity index (χ3n) is 4.30. The summed E-state index contributed by atoms with van der Waals surface area (Å²) < 4.78 is 47.4. The second kappa shape index (κ2) is 8.10. The maximum absolute atomic E-state index is 12.9. The standard InChI is InChI=1S/C20H16ClN2O5S2/c21-15-8-9-19(29(25)13-16-6-3-4-10-23(16)24)17(12-15)22-30(26,27)20-11-14-5-1-2-7-18(14)28-20/h1-12,22,24H,13H2/q+1. The summed E-state index contributed by atoms with van der Waals surface area (Å²) in [6.07, 6.45) is 1.42. The number of rotatable bonds is 6. The number of sulfonamides is 1. The number of pyridine rings is 1. The summed E-state index contributed by atoms with van der Waals surface area (Å²) in [5, 5.41) is 10.5. The van der Waals surface area contributed by atoms with E-state index in [2.05, 4.69) is 4.72 Å². The van der Waals surface area contributed by atoms with Crippen LogP contribution in [-0.2, 0) is 26.6 Å². The van der Waals surface area contributed by atoms with E-state index in [0.29, 0.717) is 16.7 Å². The van der Waals surface area contributed by atoms with E-state index in [1.54, 1.807) is 42.5 Å². The quantitative estimate of drug-likeness (QED) is 0.335. The van der Waals surface area contributed by atoms with Gasteiger partial charge >= 0.3 is 0 Å². The number of aromatic nitrogens is 1. The molecule has 4 rings (SSSR count). The van der Waals surface area contributed by atoms with Gasteiger partial charge in [-0.1, -0.05) is 29.8 Å². The van der Waals surface area contributed by atoms with Crippen LogP contribution in [0, 0.1) is 0 Å². The molecule has 0 saturated carbocycles. The van der Waals surface area contributed by atoms with Crippen LogP contribution in [0.2, 0.25) is 5.02 Å². The Kier molecular flexibility index (Phi) is 5.50. The molecule has 0 aliphatic heterocycles. The highest BCUT2D eigenvalue weighted by Crippen LogP contribution is 2.29. The molecule has 4 aromatic rings. The number of hydrogen-bond donors (Lipinski definition) is 2. The van der Waals surface area contributed by atoms with E-state index in [-0.39, 0.29) is 26.5 Å². The average molecular weight is 464 g/mol. The van der Waals surface area contributed by atoms with Gasteiger partial charge in [-0.2, -0.15) is 8.42 Å². The Labute approximate surface area is 180 Å². The van der Waals surface area contributed by atoms with Gasteiger partial charge in [0.05, 0.1) is 21.4 Å². The first-order valence-corrected chi connectivity index (χ1v) is 11.9. The van der Waals surface area contributed by atoms with Crippen molar-refractivity contribution in [2.24, 2.45) is 0 Å². The van der Waals surface area contributed by atoms with Gasteiger partial charge in [0.15, 0.2) is 0 Å². The first-order chi connectivity index (χ1) is 14.3. The minimum absolute atomic E-state index is 0.0294. The van der Waals surface area contributed by atoms with Crippen LogP contribution in [0.25, 0.3) is 11.0 Å². The molecule has 154 valence electrons. The highest BCUT2D eigenvalue weighted by atomic mass is 35.5. The Morgan fingerprint density at radius 2 is 1.83 bits per heavy atom. The smallest absolute Gasteiger partial charge is 0.295 e. The monoisotopic (exact) mass is 463 g/mol. The van der Waals surface area contributed by atoms with E-state index in [1.807, 2.05) is 0 Å². The molecule has 10 heteroatoms. The molecule has 0 amide bonds. The lowest BCUT2D eigenvalue weighted by atomic mass is 10.3. The van der Waals surface area contributed by atoms with E-state index in [0.717, 1.165) is 4.73 Å². The molecule has 0 fully saturated rings. The number of anilines is 1. The summed E-state index contributed by atoms with van der Waals surface area (Å²) in [5.41, 5.74) is 0.905. The molecule has 30 heavy (non-hydrogen) atoms. The number of nitrogens with one attached hydrogen (secondary N) is 1. The fraction of sp³-hybridized carbons (Fsp3) is 0.0500. The number of benzene rings is 2. The van der Waals surface area contributed by atoms with Crippen molar-refractivity contribution in [1.29, 1.82) is 0 Å². The Bertz CT molecular complexity index is 1340. The predicted octanol–water partition coefficient (Wildman–Crippen LogP) is 3.72. The van der Waals surface area contributed by atoms with Crippen molar-refractivity contribution in [2.45, 2.75) is 15.7 Å². The van der Waals surface area contributed by atoms with Crippen LogP contribution in [0.15, 0.2) is 87.3 Å². The first-order valence-electron chi connectivity index (χ1n) is 8.72. The van der Waals surface area contributed by atoms with Crippen LogP contribution < -0.4 is 9.45 Å². The molecule has 0 saturated heterocycles. The van der Waals surface area contributed by atoms with Gasteiger partial charge in [0.25, 0.3) is 10.0 Å². The first kappa shape index (κ1) is 20.4. The zero-order chi connectivity index (χ0) is 21.3. The van der Waals surface area contributed by atoms with Gasteiger partial charge in [-0.3, -0.25) is 14.1 Å². The van der Waals surface area contributed by atoms with Gasteiger partial charge in [-0.15, -0.1) is 0 Å². The SMILES string of the molecule is O=S(Cc1cccc[n+]1O)c1ccc(Cl)cc1NS(=O)(=O)c1cc2ccccc2o1. The topological polar surface area (TPSA) is 100 Å². The third kappa shape index (κ3) is 4.18. The number of para-hydroxylation sites is 1. The molecule has 2 N–H and O–H groups in total. The van der Waals surface area contributed by atoms with Crippen LogP contribution in [0.1, 0.15) is 5.69 Å². The van der Waals surface area contributed by atoms with E-state index in [1.165, 1.54) is 30.5 Å². The summed E-state index contributed by atoms with van der Waals surface area (Å²) in [6, 6.07) is 17.7. The fourth-order valence-electron chi connectivity index (χ4n) is 2.86. The van der Waals surface area contributed by atoms with Crippen LogP contribution in [0.3, 0.4) is 0 Å². The van der Waals surface area contributed by atoms with Gasteiger partial charge in [0, 0.05) is 33.3 Å². The van der Waals surface area contributed by atoms with Gasteiger partial charge in [-0.05, 0) is 30.3 Å². The minimum Gasteiger partial charge on any atom is -0.443 e. The summed E-state index contributed by atoms with van der Waals surface area (Å²) >= 11 is 6.04. The fourth-order valence-corrected chi connectivity index (χ4v) is 5.37. The normalized spacial score (nSPS) is 12.7. The lowest BCUT2D eigenvalue weighted by molar-refractivity contribution is -0.909. The van der Waals surface area contributed by atoms with Crippen molar-refractivity contribution in [3.63, 3.8) is 0 Å². The molecule has 7 nitrogen and oxygen atoms in total. The molecule has 2 heterocycles. The van der Waals surface area contributed by atoms with Crippen LogP contribution in [0.5, 0.6) is 0 Å². The second-order valence-corrected chi connectivity index (χ2v) is 9.84. The minimum atomic E-state index is -4.09. The molecule has 0 aliphatic rings. The van der Waals surface area contributed by atoms with Gasteiger partial charge in [0.1, 0.15) is 11.3 Å². The molecule has 0 aliphatic carbocycles. The molecule has 0 spiro atoms. The molecule has 2 aromatic heterocycles. The summed E-state index contributed by atoms with van der Waals surface area (Å²) in [6.45, 7) is 0. The molecule has 0 radical (unpaired) electrons. The van der Waals surface area contributed by atoms with Crippen molar-refractivity contribution in [3.8, 4) is 0 Å². The summed E-state index contributed by atoms with van der Waals surface area (Å²) in [5.74, 6) is -0.0294. The van der Waals surface area contributed by atoms with E-state index in [9.17, 15) is 17.8 Å². The second-order valence-electron chi connectivity index (χ2n) is 6.38. The van der Waals surface area contributed by atoms with Gasteiger partial charge in [-0.25, -0.2) is 0 Å². The van der Waals surface area contributed by atoms with Crippen molar-refractivity contribution in [2.75, 3.05) is 4.72 Å². The van der Waals surface area contributed by atoms with Crippen LogP contribution in [-0.4, -0.2) is 17.8 Å². The van der Waals surface area contributed by atoms with Crippen LogP contribution in [0.4, 0.5) is 5.69 Å². The summed E-state index contributed by atoms with van der Waals surface area (Å²) in [7, 11) is -5.76. The van der Waals surface area contributed by atoms with Crippen molar-refractivity contribution < 1.29 is 27.0 Å². The highest BCUT2D eigenvalue weighted by molar-refractivity contribution is 7.92. The zero-order valence-corrected chi connectivity index (χ0v) is 17.7. The van der Waals surface area contributed by atoms with E-state index in [4.69, 9.17) is 16.0 Å². The van der Waals surface area contributed by atoms with E-state index < -0.39 is 20.8 Å². The van der Waals surface area contributed by atoms with Crippen molar-refractivity contribution in [1.82, 2.24) is 0 Å². The maximum Gasteiger partial charge on any atom is 0.295 e. The van der Waals surface area contributed by atoms with E-state index >= 15 is 0 Å². The number of hydrogen-bond acceptors (Lipinski definition) is 5. The van der Waals surface area contributed by atoms with Crippen molar-refractivity contribution >= 4 is 49.1 Å². The lowest BCUT2D eigenvalue weighted by Crippen LogP contribution is -2.35. The van der Waals surface area contributed by atoms with Crippen molar-refractivity contribution in [3.05, 3.63) is 83.6 Å². The third-order valence-corrected chi connectivity index (χ3v) is 7.16. The molecule has 1 atom stereocenters. The number of fused-ring (bicyclic) bond motifs is 1. The summed E-state index contributed by atoms with van der Waals surface area (Å²) in [4.78, 5) is 0.225. The maximum atomic E-state index is 12.9. The molecule has 0 bridgehead atoms. The zero-order valence-electron chi connectivity index (χ0n) is 15.4. The van der Waals surface area contributed by atoms with Gasteiger partial charge in [0.2, 0.25) is 17.0 Å². The Morgan fingerprint density at radius 3 is 2.60 bits per heavy atom. The molecular formula is C20H16ClN2O5S2+. The molecular weight excluding hydrogens is 448 g/mol. The number of nitrogens with zero attached hydrogens (tertiary/aromatic N) is 1. The predicted molar refractivity (Wildman–Crippen MR) is 112 cm³/mol. The van der Waals surface area contributed by atoms with Gasteiger partial charge < -0.3 is 4.42 Å². The molecule has 1 unspecified atom stereocenters. The largest absolute Gasteiger partial charge is 0.443 e. The number of halogens is 1. The average Bonchev–Trinajstić information content (AvgIpc) is 3.15. The Balaban J connectivity index is 1.68. The lowest BCUT2D eigenvalue weighted by Gasteiger charge is -2.11. The Morgan fingerprint density at radius 1 is 1.07 bits per heavy atom. The molecule has 2 aromatic carbocycles. The van der Waals surface area contributed by atoms with Crippen LogP contribution >= 0.6 is 11.6 Å². The number of furan rings is 1.